The van der Waals surface area contributed by atoms with Crippen molar-refractivity contribution in [1.82, 2.24) is 19.9 Å². The fourth-order valence-corrected chi connectivity index (χ4v) is 5.05. The highest BCUT2D eigenvalue weighted by Crippen LogP contribution is 2.32. The number of carbonyl (C=O) groups excluding carboxylic acids is 2. The molecule has 0 unspecified atom stereocenters. The van der Waals surface area contributed by atoms with Crippen LogP contribution in [0.5, 0.6) is 5.75 Å². The van der Waals surface area contributed by atoms with Gasteiger partial charge in [0.2, 0.25) is 5.78 Å². The van der Waals surface area contributed by atoms with Crippen molar-refractivity contribution in [2.75, 3.05) is 37.5 Å². The van der Waals surface area contributed by atoms with Gasteiger partial charge < -0.3 is 24.6 Å². The van der Waals surface area contributed by atoms with Gasteiger partial charge in [-0.05, 0) is 64.3 Å². The van der Waals surface area contributed by atoms with Crippen molar-refractivity contribution < 1.29 is 19.1 Å². The van der Waals surface area contributed by atoms with Crippen molar-refractivity contribution in [1.29, 1.82) is 0 Å². The average Bonchev–Trinajstić information content (AvgIpc) is 2.95. The number of halogens is 2. The molecule has 3 aromatic rings. The maximum Gasteiger partial charge on any atom is 0.410 e. The number of piperidine rings is 1. The summed E-state index contributed by atoms with van der Waals surface area (Å²) in [5, 5.41) is 3.32. The highest BCUT2D eigenvalue weighted by atomic mass is 35.5. The molecule has 4 rings (SSSR count). The molecule has 0 aliphatic carbocycles. The molecular weight excluding hydrogens is 579 g/mol. The number of pyridine rings is 1. The molecule has 1 amide bonds. The second-order valence-corrected chi connectivity index (χ2v) is 12.2. The van der Waals surface area contributed by atoms with Crippen LogP contribution in [-0.2, 0) is 11.3 Å². The number of carbonyl (C=O) groups is 2. The van der Waals surface area contributed by atoms with Gasteiger partial charge >= 0.3 is 6.09 Å². The van der Waals surface area contributed by atoms with E-state index in [4.69, 9.17) is 32.7 Å². The molecule has 1 aliphatic heterocycles. The normalized spacial score (nSPS) is 14.7. The van der Waals surface area contributed by atoms with Crippen molar-refractivity contribution in [3.63, 3.8) is 0 Å². The van der Waals surface area contributed by atoms with Gasteiger partial charge in [0.1, 0.15) is 28.7 Å². The summed E-state index contributed by atoms with van der Waals surface area (Å²) in [5.41, 5.74) is 0.268. The number of hydrogen-bond donors (Lipinski definition) is 1. The van der Waals surface area contributed by atoms with Crippen LogP contribution in [0, 0.1) is 0 Å². The first-order valence-electron chi connectivity index (χ1n) is 13.6. The van der Waals surface area contributed by atoms with Crippen molar-refractivity contribution in [3.8, 4) is 5.75 Å². The van der Waals surface area contributed by atoms with E-state index in [-0.39, 0.29) is 33.1 Å². The highest BCUT2D eigenvalue weighted by Gasteiger charge is 2.38. The number of anilines is 2. The Morgan fingerprint density at radius 1 is 1.10 bits per heavy atom. The molecule has 1 saturated heterocycles. The summed E-state index contributed by atoms with van der Waals surface area (Å²) < 4.78 is 10.7. The molecule has 1 fully saturated rings. The zero-order chi connectivity index (χ0) is 30.7. The van der Waals surface area contributed by atoms with Crippen LogP contribution in [-0.4, -0.2) is 70.1 Å². The van der Waals surface area contributed by atoms with E-state index < -0.39 is 11.4 Å². The van der Waals surface area contributed by atoms with Crippen molar-refractivity contribution in [2.45, 2.75) is 58.2 Å². The maximum atomic E-state index is 13.4. The summed E-state index contributed by atoms with van der Waals surface area (Å²) in [7, 11) is 3.38. The van der Waals surface area contributed by atoms with E-state index in [9.17, 15) is 9.59 Å². The van der Waals surface area contributed by atoms with Gasteiger partial charge in [-0.1, -0.05) is 35.3 Å². The average molecular weight is 616 g/mol. The van der Waals surface area contributed by atoms with Gasteiger partial charge in [0.05, 0.1) is 18.3 Å². The topological polar surface area (TPSA) is 110 Å². The van der Waals surface area contributed by atoms with Crippen LogP contribution in [0.15, 0.2) is 42.7 Å². The third-order valence-corrected chi connectivity index (χ3v) is 7.97. The summed E-state index contributed by atoms with van der Waals surface area (Å²) in [4.78, 5) is 42.9. The molecular formula is C30H36Cl2N6O4. The SMILES string of the molecule is COc1ccc(CNc2nccc(C(=O)c3ncc(N4CCC(C)(N(C)C(=O)OC(C)(C)C)CC4)nc3Cl)c2Cl)cc1. The van der Waals surface area contributed by atoms with Crippen LogP contribution >= 0.6 is 23.2 Å². The van der Waals surface area contributed by atoms with Gasteiger partial charge in [-0.25, -0.2) is 19.7 Å². The Balaban J connectivity index is 1.42. The number of rotatable bonds is 8. The second kappa shape index (κ2) is 12.7. The Morgan fingerprint density at radius 3 is 2.36 bits per heavy atom. The van der Waals surface area contributed by atoms with Gasteiger partial charge in [-0.15, -0.1) is 0 Å². The van der Waals surface area contributed by atoms with Gasteiger partial charge in [-0.3, -0.25) is 4.79 Å². The lowest BCUT2D eigenvalue weighted by atomic mass is 9.88. The van der Waals surface area contributed by atoms with Crippen LogP contribution in [0.3, 0.4) is 0 Å². The number of nitrogens with zero attached hydrogens (tertiary/aromatic N) is 5. The van der Waals surface area contributed by atoms with Gasteiger partial charge in [0, 0.05) is 44.0 Å². The summed E-state index contributed by atoms with van der Waals surface area (Å²) in [6.07, 6.45) is 4.09. The highest BCUT2D eigenvalue weighted by molar-refractivity contribution is 6.38. The van der Waals surface area contributed by atoms with Crippen LogP contribution in [0.2, 0.25) is 10.2 Å². The van der Waals surface area contributed by atoms with Crippen molar-refractivity contribution >= 4 is 46.7 Å². The number of methoxy groups -OCH3 is 1. The van der Waals surface area contributed by atoms with E-state index >= 15 is 0 Å². The summed E-state index contributed by atoms with van der Waals surface area (Å²) in [5.74, 6) is 1.23. The molecule has 1 N–H and O–H groups in total. The Morgan fingerprint density at radius 2 is 1.76 bits per heavy atom. The largest absolute Gasteiger partial charge is 0.497 e. The molecule has 0 saturated carbocycles. The summed E-state index contributed by atoms with van der Waals surface area (Å²) in [6.45, 7) is 9.30. The number of nitrogens with one attached hydrogen (secondary N) is 1. The van der Waals surface area contributed by atoms with Crippen LogP contribution in [0.25, 0.3) is 0 Å². The third-order valence-electron chi connectivity index (χ3n) is 7.33. The predicted molar refractivity (Wildman–Crippen MR) is 164 cm³/mol. The number of hydrogen-bond acceptors (Lipinski definition) is 9. The molecule has 0 spiro atoms. The number of benzene rings is 1. The van der Waals surface area contributed by atoms with Gasteiger partial charge in [0.15, 0.2) is 5.15 Å². The molecule has 42 heavy (non-hydrogen) atoms. The number of ether oxygens (including phenoxy) is 2. The summed E-state index contributed by atoms with van der Waals surface area (Å²) in [6, 6.07) is 9.10. The molecule has 0 bridgehead atoms. The van der Waals surface area contributed by atoms with E-state index in [1.165, 1.54) is 18.5 Å². The fraction of sp³-hybridized carbons (Fsp3) is 0.433. The fourth-order valence-electron chi connectivity index (χ4n) is 4.57. The zero-order valence-electron chi connectivity index (χ0n) is 24.7. The number of ketones is 1. The molecule has 2 aromatic heterocycles. The Bertz CT molecular complexity index is 1440. The Hall–Kier alpha value is -3.63. The van der Waals surface area contributed by atoms with E-state index in [0.29, 0.717) is 44.1 Å². The minimum Gasteiger partial charge on any atom is -0.497 e. The van der Waals surface area contributed by atoms with Crippen molar-refractivity contribution in [2.24, 2.45) is 0 Å². The quantitative estimate of drug-likeness (QED) is 0.294. The standard InChI is InChI=1S/C30H36Cl2N6O4/c1-29(2,3)42-28(40)37(5)30(4)12-15-38(16-13-30)22-18-34-24(26(32)36-22)25(39)21-11-14-33-27(23(21)31)35-17-19-7-9-20(41-6)10-8-19/h7-11,14,18H,12-13,15-17H2,1-6H3,(H,33,35). The lowest BCUT2D eigenvalue weighted by molar-refractivity contribution is 0.00345. The molecule has 3 heterocycles. The molecule has 10 nitrogen and oxygen atoms in total. The lowest BCUT2D eigenvalue weighted by Gasteiger charge is -2.45. The number of amides is 1. The molecule has 12 heteroatoms. The van der Waals surface area contributed by atoms with Crippen LogP contribution in [0.1, 0.15) is 62.2 Å². The van der Waals surface area contributed by atoms with E-state index in [1.807, 2.05) is 56.9 Å². The smallest absolute Gasteiger partial charge is 0.410 e. The predicted octanol–water partition coefficient (Wildman–Crippen LogP) is 6.26. The first-order valence-corrected chi connectivity index (χ1v) is 14.4. The first kappa shape index (κ1) is 31.3. The van der Waals surface area contributed by atoms with E-state index in [0.717, 1.165) is 11.3 Å². The minimum atomic E-state index is -0.566. The van der Waals surface area contributed by atoms with E-state index in [1.54, 1.807) is 19.1 Å². The van der Waals surface area contributed by atoms with E-state index in [2.05, 4.69) is 20.3 Å². The summed E-state index contributed by atoms with van der Waals surface area (Å²) >= 11 is 13.1. The molecule has 1 aromatic carbocycles. The lowest BCUT2D eigenvalue weighted by Crippen LogP contribution is -2.55. The van der Waals surface area contributed by atoms with Crippen LogP contribution in [0.4, 0.5) is 16.4 Å². The minimum absolute atomic E-state index is 0.00104. The third kappa shape index (κ3) is 7.22. The second-order valence-electron chi connectivity index (χ2n) is 11.4. The van der Waals surface area contributed by atoms with Gasteiger partial charge in [0.25, 0.3) is 0 Å². The molecule has 0 atom stereocenters. The first-order chi connectivity index (χ1) is 19.8. The Labute approximate surface area is 256 Å². The molecule has 224 valence electrons. The zero-order valence-corrected chi connectivity index (χ0v) is 26.2. The van der Waals surface area contributed by atoms with Gasteiger partial charge in [-0.2, -0.15) is 0 Å². The number of aromatic nitrogens is 3. The monoisotopic (exact) mass is 614 g/mol. The maximum absolute atomic E-state index is 13.4. The Kier molecular flexibility index (Phi) is 9.47. The van der Waals surface area contributed by atoms with Crippen molar-refractivity contribution in [3.05, 3.63) is 69.7 Å². The van der Waals surface area contributed by atoms with Crippen LogP contribution < -0.4 is 15.0 Å². The molecule has 1 aliphatic rings. The molecule has 0 radical (unpaired) electrons.